The van der Waals surface area contributed by atoms with Crippen LogP contribution in [0, 0.1) is 0 Å². The lowest BCUT2D eigenvalue weighted by molar-refractivity contribution is -0.127. The van der Waals surface area contributed by atoms with Crippen LogP contribution in [0.1, 0.15) is 11.7 Å². The third-order valence-electron chi connectivity index (χ3n) is 3.26. The molecule has 2 rings (SSSR count). The SMILES string of the molecule is C=CCOc1ccc(C2NCC(=O)N2CCS(C)=O)cc1. The van der Waals surface area contributed by atoms with E-state index in [0.29, 0.717) is 25.4 Å². The Labute approximate surface area is 127 Å². The number of rotatable bonds is 7. The minimum Gasteiger partial charge on any atom is -0.490 e. The van der Waals surface area contributed by atoms with Crippen LogP contribution < -0.4 is 10.1 Å². The zero-order valence-corrected chi connectivity index (χ0v) is 12.9. The van der Waals surface area contributed by atoms with Gasteiger partial charge in [-0.25, -0.2) is 0 Å². The van der Waals surface area contributed by atoms with Crippen molar-refractivity contribution < 1.29 is 13.7 Å². The van der Waals surface area contributed by atoms with Gasteiger partial charge in [0, 0.05) is 29.4 Å². The van der Waals surface area contributed by atoms with Crippen LogP contribution in [0.4, 0.5) is 0 Å². The summed E-state index contributed by atoms with van der Waals surface area (Å²) in [5.74, 6) is 1.30. The molecule has 0 spiro atoms. The summed E-state index contributed by atoms with van der Waals surface area (Å²) in [7, 11) is -0.906. The molecule has 1 saturated heterocycles. The van der Waals surface area contributed by atoms with Crippen LogP contribution in [0.3, 0.4) is 0 Å². The zero-order chi connectivity index (χ0) is 15.2. The molecule has 0 aliphatic carbocycles. The number of carbonyl (C=O) groups excluding carboxylic acids is 1. The predicted molar refractivity (Wildman–Crippen MR) is 83.5 cm³/mol. The molecule has 21 heavy (non-hydrogen) atoms. The lowest BCUT2D eigenvalue weighted by Crippen LogP contribution is -2.33. The summed E-state index contributed by atoms with van der Waals surface area (Å²) >= 11 is 0. The van der Waals surface area contributed by atoms with Crippen molar-refractivity contribution in [2.75, 3.05) is 31.7 Å². The fourth-order valence-corrected chi connectivity index (χ4v) is 2.67. The highest BCUT2D eigenvalue weighted by Gasteiger charge is 2.31. The van der Waals surface area contributed by atoms with Crippen LogP contribution in [0.5, 0.6) is 5.75 Å². The highest BCUT2D eigenvalue weighted by molar-refractivity contribution is 7.84. The molecule has 6 heteroatoms. The Hall–Kier alpha value is -1.66. The maximum absolute atomic E-state index is 11.9. The van der Waals surface area contributed by atoms with Crippen molar-refractivity contribution in [3.05, 3.63) is 42.5 Å². The molecule has 0 aromatic heterocycles. The molecule has 0 saturated carbocycles. The second-order valence-corrected chi connectivity index (χ2v) is 6.37. The highest BCUT2D eigenvalue weighted by atomic mass is 32.2. The van der Waals surface area contributed by atoms with Crippen molar-refractivity contribution in [3.8, 4) is 5.75 Å². The van der Waals surface area contributed by atoms with Gasteiger partial charge in [-0.3, -0.25) is 14.3 Å². The molecule has 1 aliphatic heterocycles. The van der Waals surface area contributed by atoms with Gasteiger partial charge < -0.3 is 9.64 Å². The maximum atomic E-state index is 11.9. The Morgan fingerprint density at radius 2 is 2.19 bits per heavy atom. The van der Waals surface area contributed by atoms with Crippen LogP contribution in [0.15, 0.2) is 36.9 Å². The van der Waals surface area contributed by atoms with Gasteiger partial charge in [0.2, 0.25) is 5.91 Å². The average Bonchev–Trinajstić information content (AvgIpc) is 2.84. The fourth-order valence-electron chi connectivity index (χ4n) is 2.22. The van der Waals surface area contributed by atoms with E-state index in [4.69, 9.17) is 4.74 Å². The standard InChI is InChI=1S/C15H20N2O3S/c1-3-9-20-13-6-4-12(5-7-13)15-16-11-14(18)17(15)8-10-21(2)19/h3-7,15-16H,1,8-11H2,2H3. The topological polar surface area (TPSA) is 58.6 Å². The molecule has 1 amide bonds. The van der Waals surface area contributed by atoms with Gasteiger partial charge in [-0.05, 0) is 17.7 Å². The van der Waals surface area contributed by atoms with Crippen molar-refractivity contribution in [2.24, 2.45) is 0 Å². The Morgan fingerprint density at radius 3 is 2.81 bits per heavy atom. The van der Waals surface area contributed by atoms with Crippen LogP contribution in [0.25, 0.3) is 0 Å². The van der Waals surface area contributed by atoms with Gasteiger partial charge in [-0.1, -0.05) is 24.8 Å². The summed E-state index contributed by atoms with van der Waals surface area (Å²) in [6, 6.07) is 7.62. The molecular formula is C15H20N2O3S. The summed E-state index contributed by atoms with van der Waals surface area (Å²) in [5.41, 5.74) is 0.994. The van der Waals surface area contributed by atoms with Crippen molar-refractivity contribution >= 4 is 16.7 Å². The molecule has 1 aromatic rings. The first-order chi connectivity index (χ1) is 10.1. The highest BCUT2D eigenvalue weighted by Crippen LogP contribution is 2.24. The Balaban J connectivity index is 2.06. The number of ether oxygens (including phenoxy) is 1. The monoisotopic (exact) mass is 308 g/mol. The van der Waals surface area contributed by atoms with E-state index in [1.54, 1.807) is 17.2 Å². The molecule has 5 nitrogen and oxygen atoms in total. The van der Waals surface area contributed by atoms with Gasteiger partial charge >= 0.3 is 0 Å². The van der Waals surface area contributed by atoms with Crippen molar-refractivity contribution in [2.45, 2.75) is 6.17 Å². The summed E-state index contributed by atoms with van der Waals surface area (Å²) in [4.78, 5) is 13.6. The molecule has 2 atom stereocenters. The number of carbonyl (C=O) groups is 1. The van der Waals surface area contributed by atoms with E-state index < -0.39 is 10.8 Å². The number of nitrogens with one attached hydrogen (secondary N) is 1. The van der Waals surface area contributed by atoms with Gasteiger partial charge in [-0.15, -0.1) is 0 Å². The van der Waals surface area contributed by atoms with Crippen LogP contribution >= 0.6 is 0 Å². The second kappa shape index (κ2) is 7.38. The average molecular weight is 308 g/mol. The molecule has 2 unspecified atom stereocenters. The van der Waals surface area contributed by atoms with Crippen LogP contribution in [-0.4, -0.2) is 46.7 Å². The molecular weight excluding hydrogens is 288 g/mol. The number of benzene rings is 1. The quantitative estimate of drug-likeness (QED) is 0.765. The summed E-state index contributed by atoms with van der Waals surface area (Å²) in [5, 5.41) is 3.18. The van der Waals surface area contributed by atoms with Crippen LogP contribution in [0.2, 0.25) is 0 Å². The van der Waals surface area contributed by atoms with Crippen LogP contribution in [-0.2, 0) is 15.6 Å². The first-order valence-corrected chi connectivity index (χ1v) is 8.51. The lowest BCUT2D eigenvalue weighted by atomic mass is 10.1. The Kier molecular flexibility index (Phi) is 5.52. The second-order valence-electron chi connectivity index (χ2n) is 4.82. The number of nitrogens with zero attached hydrogens (tertiary/aromatic N) is 1. The van der Waals surface area contributed by atoms with E-state index >= 15 is 0 Å². The third kappa shape index (κ3) is 4.15. The largest absolute Gasteiger partial charge is 0.490 e. The van der Waals surface area contributed by atoms with Gasteiger partial charge in [-0.2, -0.15) is 0 Å². The normalized spacial score (nSPS) is 19.6. The molecule has 1 aromatic carbocycles. The number of hydrogen-bond donors (Lipinski definition) is 1. The smallest absolute Gasteiger partial charge is 0.238 e. The lowest BCUT2D eigenvalue weighted by Gasteiger charge is -2.24. The van der Waals surface area contributed by atoms with E-state index in [9.17, 15) is 9.00 Å². The minimum atomic E-state index is -0.906. The third-order valence-corrected chi connectivity index (χ3v) is 4.02. The Bertz CT molecular complexity index is 530. The van der Waals surface area contributed by atoms with E-state index in [-0.39, 0.29) is 12.1 Å². The molecule has 114 valence electrons. The summed E-state index contributed by atoms with van der Waals surface area (Å²) in [6.45, 7) is 4.88. The van der Waals surface area contributed by atoms with Gasteiger partial charge in [0.05, 0.1) is 6.54 Å². The van der Waals surface area contributed by atoms with Gasteiger partial charge in [0.15, 0.2) is 0 Å². The predicted octanol–water partition coefficient (Wildman–Crippen LogP) is 1.06. The van der Waals surface area contributed by atoms with E-state index in [0.717, 1.165) is 11.3 Å². The molecule has 0 bridgehead atoms. The van der Waals surface area contributed by atoms with E-state index in [1.807, 2.05) is 24.3 Å². The van der Waals surface area contributed by atoms with Crippen molar-refractivity contribution in [1.82, 2.24) is 10.2 Å². The number of amides is 1. The van der Waals surface area contributed by atoms with E-state index in [1.165, 1.54) is 0 Å². The molecule has 0 radical (unpaired) electrons. The molecule has 1 N–H and O–H groups in total. The first kappa shape index (κ1) is 15.7. The molecule has 1 heterocycles. The van der Waals surface area contributed by atoms with Gasteiger partial charge in [0.25, 0.3) is 0 Å². The summed E-state index contributed by atoms with van der Waals surface area (Å²) in [6.07, 6.45) is 3.18. The first-order valence-electron chi connectivity index (χ1n) is 6.78. The molecule has 1 fully saturated rings. The fraction of sp³-hybridized carbons (Fsp3) is 0.400. The number of hydrogen-bond acceptors (Lipinski definition) is 4. The van der Waals surface area contributed by atoms with Crippen molar-refractivity contribution in [3.63, 3.8) is 0 Å². The van der Waals surface area contributed by atoms with Gasteiger partial charge in [0.1, 0.15) is 18.5 Å². The van der Waals surface area contributed by atoms with Crippen molar-refractivity contribution in [1.29, 1.82) is 0 Å². The zero-order valence-electron chi connectivity index (χ0n) is 12.1. The maximum Gasteiger partial charge on any atom is 0.238 e. The van der Waals surface area contributed by atoms with E-state index in [2.05, 4.69) is 11.9 Å². The summed E-state index contributed by atoms with van der Waals surface area (Å²) < 4.78 is 16.7. The minimum absolute atomic E-state index is 0.0393. The Morgan fingerprint density at radius 1 is 1.48 bits per heavy atom. The molecule has 1 aliphatic rings.